The number of fused-ring (bicyclic) bond motifs is 1. The molecule has 4 rings (SSSR count). The van der Waals surface area contributed by atoms with E-state index in [-0.39, 0.29) is 11.9 Å². The minimum atomic E-state index is 0.124. The molecular weight excluding hydrogens is 334 g/mol. The summed E-state index contributed by atoms with van der Waals surface area (Å²) >= 11 is 1.53. The predicted molar refractivity (Wildman–Crippen MR) is 99.3 cm³/mol. The van der Waals surface area contributed by atoms with E-state index in [0.717, 1.165) is 45.9 Å². The van der Waals surface area contributed by atoms with E-state index in [1.54, 1.807) is 7.11 Å². The number of aryl methyl sites for hydroxylation is 2. The average Bonchev–Trinajstić information content (AvgIpc) is 3.33. The van der Waals surface area contributed by atoms with Gasteiger partial charge in [0.25, 0.3) is 5.91 Å². The lowest BCUT2D eigenvalue weighted by Gasteiger charge is -2.24. The van der Waals surface area contributed by atoms with Crippen LogP contribution in [0.3, 0.4) is 0 Å². The number of aromatic nitrogens is 2. The molecule has 1 fully saturated rings. The molecule has 0 saturated carbocycles. The topological polar surface area (TPSA) is 47.4 Å². The standard InChI is InChI=1S/C19H21N3O2S/c1-12-15-11-17(25-19(15)21(2)20-12)18(23)22-10-4-5-16(22)13-6-8-14(24-3)9-7-13/h6-9,11,16H,4-5,10H2,1-3H3. The molecule has 0 aliphatic carbocycles. The fourth-order valence-corrected chi connectivity index (χ4v) is 4.71. The second-order valence-corrected chi connectivity index (χ2v) is 7.50. The van der Waals surface area contributed by atoms with Gasteiger partial charge in [0, 0.05) is 19.0 Å². The van der Waals surface area contributed by atoms with Gasteiger partial charge in [-0.1, -0.05) is 12.1 Å². The van der Waals surface area contributed by atoms with Crippen LogP contribution in [0.1, 0.15) is 39.8 Å². The number of hydrogen-bond donors (Lipinski definition) is 0. The second kappa shape index (κ2) is 6.19. The number of carbonyl (C=O) groups excluding carboxylic acids is 1. The van der Waals surface area contributed by atoms with E-state index in [2.05, 4.69) is 17.2 Å². The highest BCUT2D eigenvalue weighted by atomic mass is 32.1. The fraction of sp³-hybridized carbons (Fsp3) is 0.368. The van der Waals surface area contributed by atoms with E-state index in [1.165, 1.54) is 16.9 Å². The molecule has 0 radical (unpaired) electrons. The van der Waals surface area contributed by atoms with E-state index in [4.69, 9.17) is 4.74 Å². The minimum absolute atomic E-state index is 0.124. The summed E-state index contributed by atoms with van der Waals surface area (Å²) in [5.74, 6) is 0.964. The summed E-state index contributed by atoms with van der Waals surface area (Å²) in [4.78, 5) is 17.0. The van der Waals surface area contributed by atoms with Crippen molar-refractivity contribution in [2.45, 2.75) is 25.8 Å². The summed E-state index contributed by atoms with van der Waals surface area (Å²) in [6.07, 6.45) is 2.04. The summed E-state index contributed by atoms with van der Waals surface area (Å²) < 4.78 is 7.09. The number of benzene rings is 1. The lowest BCUT2D eigenvalue weighted by molar-refractivity contribution is 0.0740. The van der Waals surface area contributed by atoms with E-state index >= 15 is 0 Å². The van der Waals surface area contributed by atoms with Crippen LogP contribution in [-0.2, 0) is 7.05 Å². The maximum atomic E-state index is 13.1. The maximum Gasteiger partial charge on any atom is 0.264 e. The highest BCUT2D eigenvalue weighted by Crippen LogP contribution is 2.36. The first-order chi connectivity index (χ1) is 12.1. The van der Waals surface area contributed by atoms with Crippen molar-refractivity contribution in [3.8, 4) is 5.75 Å². The Hall–Kier alpha value is -2.34. The zero-order chi connectivity index (χ0) is 17.6. The van der Waals surface area contributed by atoms with E-state index in [9.17, 15) is 4.79 Å². The van der Waals surface area contributed by atoms with Crippen molar-refractivity contribution in [1.82, 2.24) is 14.7 Å². The monoisotopic (exact) mass is 355 g/mol. The molecule has 1 atom stereocenters. The van der Waals surface area contributed by atoms with Gasteiger partial charge < -0.3 is 9.64 Å². The van der Waals surface area contributed by atoms with Crippen molar-refractivity contribution in [2.24, 2.45) is 7.05 Å². The second-order valence-electron chi connectivity index (χ2n) is 6.47. The molecule has 1 aromatic carbocycles. The first-order valence-corrected chi connectivity index (χ1v) is 9.28. The zero-order valence-corrected chi connectivity index (χ0v) is 15.5. The molecule has 6 heteroatoms. The Balaban J connectivity index is 1.63. The van der Waals surface area contributed by atoms with Crippen LogP contribution in [0.15, 0.2) is 30.3 Å². The number of methoxy groups -OCH3 is 1. The number of likely N-dealkylation sites (tertiary alicyclic amines) is 1. The minimum Gasteiger partial charge on any atom is -0.497 e. The molecule has 5 nitrogen and oxygen atoms in total. The van der Waals surface area contributed by atoms with Gasteiger partial charge in [-0.05, 0) is 43.5 Å². The van der Waals surface area contributed by atoms with Crippen molar-refractivity contribution in [3.63, 3.8) is 0 Å². The molecule has 1 aliphatic rings. The molecule has 0 spiro atoms. The molecule has 1 amide bonds. The zero-order valence-electron chi connectivity index (χ0n) is 14.7. The summed E-state index contributed by atoms with van der Waals surface area (Å²) in [6, 6.07) is 10.2. The van der Waals surface area contributed by atoms with Crippen LogP contribution in [0.4, 0.5) is 0 Å². The third kappa shape index (κ3) is 2.70. The van der Waals surface area contributed by atoms with Crippen LogP contribution in [0.25, 0.3) is 10.2 Å². The Morgan fingerprint density at radius 1 is 1.32 bits per heavy atom. The molecule has 2 aromatic heterocycles. The lowest BCUT2D eigenvalue weighted by Crippen LogP contribution is -2.29. The van der Waals surface area contributed by atoms with Gasteiger partial charge in [0.2, 0.25) is 0 Å². The van der Waals surface area contributed by atoms with Gasteiger partial charge in [0.15, 0.2) is 0 Å². The Morgan fingerprint density at radius 2 is 2.08 bits per heavy atom. The van der Waals surface area contributed by atoms with Gasteiger partial charge in [0.05, 0.1) is 23.7 Å². The van der Waals surface area contributed by atoms with Crippen LogP contribution in [0, 0.1) is 6.92 Å². The summed E-state index contributed by atoms with van der Waals surface area (Å²) in [5.41, 5.74) is 2.14. The SMILES string of the molecule is COc1ccc(C2CCCN2C(=O)c2cc3c(C)nn(C)c3s2)cc1. The van der Waals surface area contributed by atoms with Gasteiger partial charge >= 0.3 is 0 Å². The average molecular weight is 355 g/mol. The molecule has 0 N–H and O–H groups in total. The first kappa shape index (κ1) is 16.1. The first-order valence-electron chi connectivity index (χ1n) is 8.46. The molecular formula is C19H21N3O2S. The lowest BCUT2D eigenvalue weighted by atomic mass is 10.0. The molecule has 25 heavy (non-hydrogen) atoms. The smallest absolute Gasteiger partial charge is 0.264 e. The molecule has 1 aliphatic heterocycles. The van der Waals surface area contributed by atoms with Gasteiger partial charge in [0.1, 0.15) is 10.6 Å². The molecule has 130 valence electrons. The van der Waals surface area contributed by atoms with E-state index < -0.39 is 0 Å². The highest BCUT2D eigenvalue weighted by molar-refractivity contribution is 7.20. The van der Waals surface area contributed by atoms with E-state index in [1.807, 2.05) is 41.8 Å². The molecule has 3 heterocycles. The normalized spacial score (nSPS) is 17.4. The number of thiophene rings is 1. The van der Waals surface area contributed by atoms with Crippen molar-refractivity contribution in [3.05, 3.63) is 46.5 Å². The van der Waals surface area contributed by atoms with Crippen molar-refractivity contribution < 1.29 is 9.53 Å². The Morgan fingerprint density at radius 3 is 2.76 bits per heavy atom. The number of rotatable bonds is 3. The predicted octanol–water partition coefficient (Wildman–Crippen LogP) is 3.93. The van der Waals surface area contributed by atoms with Crippen molar-refractivity contribution in [2.75, 3.05) is 13.7 Å². The Kier molecular flexibility index (Phi) is 4.00. The van der Waals surface area contributed by atoms with Crippen LogP contribution in [0.5, 0.6) is 5.75 Å². The van der Waals surface area contributed by atoms with Crippen LogP contribution < -0.4 is 4.74 Å². The summed E-state index contributed by atoms with van der Waals surface area (Å²) in [6.45, 7) is 2.79. The van der Waals surface area contributed by atoms with Gasteiger partial charge in [-0.2, -0.15) is 5.10 Å². The van der Waals surface area contributed by atoms with Crippen molar-refractivity contribution >= 4 is 27.5 Å². The summed E-state index contributed by atoms with van der Waals surface area (Å²) in [5, 5.41) is 5.50. The van der Waals surface area contributed by atoms with Gasteiger partial charge in [-0.15, -0.1) is 11.3 Å². The number of hydrogen-bond acceptors (Lipinski definition) is 4. The van der Waals surface area contributed by atoms with Crippen LogP contribution in [0.2, 0.25) is 0 Å². The number of ether oxygens (including phenoxy) is 1. The third-order valence-corrected chi connectivity index (χ3v) is 6.11. The van der Waals surface area contributed by atoms with Gasteiger partial charge in [-0.3, -0.25) is 9.48 Å². The molecule has 0 bridgehead atoms. The summed E-state index contributed by atoms with van der Waals surface area (Å²) in [7, 11) is 3.59. The number of amides is 1. The van der Waals surface area contributed by atoms with E-state index in [0.29, 0.717) is 0 Å². The fourth-order valence-electron chi connectivity index (χ4n) is 3.63. The maximum absolute atomic E-state index is 13.1. The third-order valence-electron chi connectivity index (χ3n) is 4.92. The van der Waals surface area contributed by atoms with Crippen LogP contribution in [-0.4, -0.2) is 34.2 Å². The quantitative estimate of drug-likeness (QED) is 0.715. The number of nitrogens with zero attached hydrogens (tertiary/aromatic N) is 3. The van der Waals surface area contributed by atoms with Gasteiger partial charge in [-0.25, -0.2) is 0 Å². The molecule has 3 aromatic rings. The van der Waals surface area contributed by atoms with Crippen molar-refractivity contribution in [1.29, 1.82) is 0 Å². The Labute approximate surface area is 150 Å². The Bertz CT molecular complexity index is 892. The van der Waals surface area contributed by atoms with Crippen LogP contribution >= 0.6 is 11.3 Å². The molecule has 1 saturated heterocycles. The number of carbonyl (C=O) groups is 1. The highest BCUT2D eigenvalue weighted by Gasteiger charge is 2.31. The molecule has 1 unspecified atom stereocenters. The largest absolute Gasteiger partial charge is 0.497 e.